The summed E-state index contributed by atoms with van der Waals surface area (Å²) in [5.41, 5.74) is 35.3. The summed E-state index contributed by atoms with van der Waals surface area (Å²) in [5, 5.41) is 4.29. The van der Waals surface area contributed by atoms with Crippen LogP contribution in [0.5, 0.6) is 11.5 Å². The van der Waals surface area contributed by atoms with Gasteiger partial charge in [0, 0.05) is 83.7 Å². The van der Waals surface area contributed by atoms with Crippen LogP contribution >= 0.6 is 0 Å². The predicted octanol–water partition coefficient (Wildman–Crippen LogP) is 23.6. The van der Waals surface area contributed by atoms with Gasteiger partial charge in [-0.1, -0.05) is 285 Å². The van der Waals surface area contributed by atoms with Gasteiger partial charge in [0.25, 0.3) is 13.4 Å². The molecule has 4 aliphatic heterocycles. The van der Waals surface area contributed by atoms with Crippen LogP contribution in [0.25, 0.3) is 122 Å². The summed E-state index contributed by atoms with van der Waals surface area (Å²) < 4.78 is 21.1. The molecule has 510 valence electrons. The largest absolute Gasteiger partial charge is 0.458 e. The summed E-state index contributed by atoms with van der Waals surface area (Å²) >= 11 is 0. The van der Waals surface area contributed by atoms with Gasteiger partial charge >= 0.3 is 0 Å². The van der Waals surface area contributed by atoms with Gasteiger partial charge in [-0.25, -0.2) is 0 Å². The van der Waals surface area contributed by atoms with E-state index in [1.807, 2.05) is 6.07 Å². The Hall–Kier alpha value is -14.3. The fraction of sp³-hybridized carbons (Fsp3) is 0. The number of nitrogens with zero attached hydrogens (tertiary/aromatic N) is 3. The van der Waals surface area contributed by atoms with Crippen LogP contribution in [-0.4, -0.2) is 13.4 Å². The Morgan fingerprint density at radius 3 is 1.17 bits per heavy atom. The van der Waals surface area contributed by atoms with Gasteiger partial charge in [0.1, 0.15) is 33.8 Å². The van der Waals surface area contributed by atoms with E-state index in [0.29, 0.717) is 0 Å². The van der Waals surface area contributed by atoms with Crippen LogP contribution in [0.4, 0.5) is 51.2 Å². The molecule has 19 aromatic rings. The summed E-state index contributed by atoms with van der Waals surface area (Å²) in [6, 6.07) is 141. The number of ether oxygens (including phenoxy) is 1. The molecule has 23 rings (SSSR count). The Labute approximate surface area is 637 Å². The molecule has 0 saturated heterocycles. The zero-order chi connectivity index (χ0) is 72.1. The number of hydrogen-bond acceptors (Lipinski definition) is 6. The van der Waals surface area contributed by atoms with Crippen LogP contribution in [0.2, 0.25) is 0 Å². The SMILES string of the molecule is c1ccc(-c2ccc3c(c2)N(c2ccccc2)c2cc(-c4ccc5oc6ccccc6c5c4)cc4c2B3c2cc3c(cc2N4c2c(-c4ccccc4)cccc2-c2ccccc2)N(c2ccccc2)c2cc(-c4ccc5oc6ccccc6c5c4)cc4c2B3c2ccc(-c3ccccc3)c(-c3ccccc3)c2O4)cc1. The second-order valence-corrected chi connectivity index (χ2v) is 29.3. The molecule has 6 heterocycles. The first-order valence-corrected chi connectivity index (χ1v) is 37.8. The minimum absolute atomic E-state index is 0.309. The molecule has 0 fully saturated rings. The second-order valence-electron chi connectivity index (χ2n) is 29.3. The van der Waals surface area contributed by atoms with Crippen molar-refractivity contribution in [3.05, 3.63) is 382 Å². The van der Waals surface area contributed by atoms with Crippen LogP contribution in [0.3, 0.4) is 0 Å². The number of para-hydroxylation sites is 5. The molecule has 2 aromatic heterocycles. The third kappa shape index (κ3) is 9.59. The number of hydrogen-bond donors (Lipinski definition) is 0. The molecule has 0 amide bonds. The molecule has 17 aromatic carbocycles. The molecule has 6 nitrogen and oxygen atoms in total. The van der Waals surface area contributed by atoms with E-state index >= 15 is 0 Å². The zero-order valence-corrected chi connectivity index (χ0v) is 59.6. The summed E-state index contributed by atoms with van der Waals surface area (Å²) in [6.07, 6.45) is 0. The van der Waals surface area contributed by atoms with Crippen LogP contribution in [0.15, 0.2) is 391 Å². The Morgan fingerprint density at radius 1 is 0.218 bits per heavy atom. The number of fused-ring (bicyclic) bond motifs is 14. The van der Waals surface area contributed by atoms with Crippen molar-refractivity contribution in [2.45, 2.75) is 0 Å². The van der Waals surface area contributed by atoms with Gasteiger partial charge in [0.15, 0.2) is 0 Å². The topological polar surface area (TPSA) is 45.2 Å². The molecule has 0 atom stereocenters. The first-order valence-electron chi connectivity index (χ1n) is 37.8. The molecule has 0 radical (unpaired) electrons. The Balaban J connectivity index is 0.878. The Kier molecular flexibility index (Phi) is 13.9. The van der Waals surface area contributed by atoms with Crippen molar-refractivity contribution < 1.29 is 13.6 Å². The van der Waals surface area contributed by atoms with E-state index in [-0.39, 0.29) is 13.4 Å². The molecule has 0 N–H and O–H groups in total. The van der Waals surface area contributed by atoms with Crippen LogP contribution in [0.1, 0.15) is 0 Å². The van der Waals surface area contributed by atoms with Gasteiger partial charge in [0.2, 0.25) is 0 Å². The number of rotatable bonds is 10. The zero-order valence-electron chi connectivity index (χ0n) is 59.6. The lowest BCUT2D eigenvalue weighted by Gasteiger charge is -2.47. The maximum Gasteiger partial charge on any atom is 0.256 e. The van der Waals surface area contributed by atoms with E-state index < -0.39 is 0 Å². The highest BCUT2D eigenvalue weighted by Crippen LogP contribution is 2.55. The minimum atomic E-state index is -0.336. The standard InChI is InChI=1S/C102H63B2N3O3/c1-8-27-64(28-9-1)71-47-51-83-87(57-71)105(74-37-18-6-19-38-74)90-58-72(69-48-53-95-81(55-69)79-41-22-24-45-93(79)108-95)59-91-99(90)103(83)86-62-85-88(63-89(86)107(91)101-77(66-31-12-3-13-32-66)43-26-44-78(101)67-33-14-4-15-34-67)106(75-39-20-7-21-40-75)92-60-73(70-49-54-96-82(56-70)80-42-23-25-46-94(80)109-96)61-97-100(92)104(85)84-52-50-76(65-29-10-2-11-30-65)98(102(84)110-97)68-35-16-5-17-36-68/h1-63H. The summed E-state index contributed by atoms with van der Waals surface area (Å²) in [5.74, 6) is 1.65. The molecular weight excluding hydrogens is 1340 g/mol. The Bertz CT molecular complexity index is 6890. The monoisotopic (exact) mass is 1400 g/mol. The smallest absolute Gasteiger partial charge is 0.256 e. The highest BCUT2D eigenvalue weighted by molar-refractivity contribution is 7.03. The molecule has 0 bridgehead atoms. The molecular formula is C102H63B2N3O3. The van der Waals surface area contributed by atoms with Crippen LogP contribution in [-0.2, 0) is 0 Å². The second kappa shape index (κ2) is 24.6. The summed E-state index contributed by atoms with van der Waals surface area (Å²) in [7, 11) is 0. The molecule has 110 heavy (non-hydrogen) atoms. The van der Waals surface area contributed by atoms with Gasteiger partial charge in [-0.05, 0) is 191 Å². The lowest BCUT2D eigenvalue weighted by atomic mass is 9.30. The van der Waals surface area contributed by atoms with Crippen molar-refractivity contribution in [1.82, 2.24) is 0 Å². The summed E-state index contributed by atoms with van der Waals surface area (Å²) in [4.78, 5) is 7.79. The van der Waals surface area contributed by atoms with Crippen LogP contribution < -0.4 is 52.2 Å². The maximum atomic E-state index is 7.96. The normalized spacial score (nSPS) is 12.9. The van der Waals surface area contributed by atoms with E-state index in [2.05, 4.69) is 391 Å². The highest BCUT2D eigenvalue weighted by Gasteiger charge is 2.49. The predicted molar refractivity (Wildman–Crippen MR) is 459 cm³/mol. The van der Waals surface area contributed by atoms with E-state index in [4.69, 9.17) is 13.6 Å². The number of benzene rings is 17. The van der Waals surface area contributed by atoms with Gasteiger partial charge < -0.3 is 28.3 Å². The van der Waals surface area contributed by atoms with E-state index in [1.165, 1.54) is 21.9 Å². The van der Waals surface area contributed by atoms with E-state index in [0.717, 1.165) is 195 Å². The first kappa shape index (κ1) is 61.9. The average molecular weight is 1400 g/mol. The van der Waals surface area contributed by atoms with E-state index in [9.17, 15) is 0 Å². The molecule has 4 aliphatic rings. The number of furan rings is 2. The van der Waals surface area contributed by atoms with Crippen molar-refractivity contribution in [2.75, 3.05) is 14.7 Å². The fourth-order valence-electron chi connectivity index (χ4n) is 18.4. The van der Waals surface area contributed by atoms with E-state index in [1.54, 1.807) is 0 Å². The first-order chi connectivity index (χ1) is 54.6. The number of anilines is 9. The third-order valence-electron chi connectivity index (χ3n) is 23.3. The summed E-state index contributed by atoms with van der Waals surface area (Å²) in [6.45, 7) is -0.645. The molecule has 0 spiro atoms. The lowest BCUT2D eigenvalue weighted by Crippen LogP contribution is -2.64. The van der Waals surface area contributed by atoms with Crippen molar-refractivity contribution in [1.29, 1.82) is 0 Å². The van der Waals surface area contributed by atoms with Crippen molar-refractivity contribution >= 4 is 141 Å². The minimum Gasteiger partial charge on any atom is -0.458 e. The van der Waals surface area contributed by atoms with Crippen LogP contribution in [0, 0.1) is 0 Å². The van der Waals surface area contributed by atoms with Crippen molar-refractivity contribution in [3.8, 4) is 89.4 Å². The van der Waals surface area contributed by atoms with Gasteiger partial charge in [-0.3, -0.25) is 0 Å². The van der Waals surface area contributed by atoms with Gasteiger partial charge in [0.05, 0.1) is 5.69 Å². The fourth-order valence-corrected chi connectivity index (χ4v) is 18.4. The lowest BCUT2D eigenvalue weighted by molar-refractivity contribution is 0.489. The van der Waals surface area contributed by atoms with Crippen molar-refractivity contribution in [2.24, 2.45) is 0 Å². The average Bonchev–Trinajstić information content (AvgIpc) is 0.708. The highest BCUT2D eigenvalue weighted by atomic mass is 16.5. The Morgan fingerprint density at radius 2 is 0.618 bits per heavy atom. The molecule has 0 saturated carbocycles. The third-order valence-corrected chi connectivity index (χ3v) is 23.3. The molecule has 0 aliphatic carbocycles. The maximum absolute atomic E-state index is 7.96. The molecule has 8 heteroatoms. The van der Waals surface area contributed by atoms with Gasteiger partial charge in [-0.15, -0.1) is 0 Å². The quantitative estimate of drug-likeness (QED) is 0.127. The molecule has 0 unspecified atom stereocenters. The van der Waals surface area contributed by atoms with Crippen molar-refractivity contribution in [3.63, 3.8) is 0 Å². The van der Waals surface area contributed by atoms with Gasteiger partial charge in [-0.2, -0.15) is 0 Å².